The minimum absolute atomic E-state index is 0.602. The van der Waals surface area contributed by atoms with Crippen molar-refractivity contribution in [1.29, 1.82) is 0 Å². The first kappa shape index (κ1) is 13.6. The summed E-state index contributed by atoms with van der Waals surface area (Å²) in [5.74, 6) is 1.31. The molecular weight excluding hydrogens is 244 g/mol. The Hall–Kier alpha value is -1.79. The van der Waals surface area contributed by atoms with Crippen molar-refractivity contribution in [2.45, 2.75) is 19.5 Å². The van der Waals surface area contributed by atoms with Crippen LogP contribution in [0.25, 0.3) is 0 Å². The number of rotatable bonds is 7. The summed E-state index contributed by atoms with van der Waals surface area (Å²) < 4.78 is 10.2. The van der Waals surface area contributed by atoms with Crippen LogP contribution in [-0.2, 0) is 24.2 Å². The molecule has 0 aliphatic rings. The lowest BCUT2D eigenvalue weighted by Crippen LogP contribution is -2.17. The van der Waals surface area contributed by atoms with Gasteiger partial charge in [0.25, 0.3) is 0 Å². The number of aromatic nitrogens is 3. The standard InChI is InChI=1S/C13H18N4O2/c1-17(9-11-4-3-6-14-8-11)10-13-15-12(16-19-13)5-7-18-2/h3-4,6,8H,5,7,9-10H2,1-2H3. The second kappa shape index (κ2) is 6.96. The second-order valence-corrected chi connectivity index (χ2v) is 4.38. The fraction of sp³-hybridized carbons (Fsp3) is 0.462. The van der Waals surface area contributed by atoms with Gasteiger partial charge in [-0.05, 0) is 18.7 Å². The summed E-state index contributed by atoms with van der Waals surface area (Å²) in [5, 5.41) is 3.91. The first-order valence-electron chi connectivity index (χ1n) is 6.16. The topological polar surface area (TPSA) is 64.3 Å². The van der Waals surface area contributed by atoms with Crippen LogP contribution in [0.4, 0.5) is 0 Å². The molecule has 6 heteroatoms. The van der Waals surface area contributed by atoms with Gasteiger partial charge in [0.05, 0.1) is 13.2 Å². The lowest BCUT2D eigenvalue weighted by molar-refractivity contribution is 0.199. The first-order valence-corrected chi connectivity index (χ1v) is 6.16. The van der Waals surface area contributed by atoms with Gasteiger partial charge < -0.3 is 9.26 Å². The van der Waals surface area contributed by atoms with E-state index in [1.165, 1.54) is 0 Å². The Balaban J connectivity index is 1.85. The average Bonchev–Trinajstić information content (AvgIpc) is 2.85. The number of ether oxygens (including phenoxy) is 1. The minimum atomic E-state index is 0.602. The van der Waals surface area contributed by atoms with Crippen molar-refractivity contribution in [3.8, 4) is 0 Å². The third-order valence-electron chi connectivity index (χ3n) is 2.62. The smallest absolute Gasteiger partial charge is 0.240 e. The number of hydrogen-bond acceptors (Lipinski definition) is 6. The van der Waals surface area contributed by atoms with Crippen LogP contribution >= 0.6 is 0 Å². The molecule has 0 N–H and O–H groups in total. The van der Waals surface area contributed by atoms with Gasteiger partial charge in [0, 0.05) is 32.5 Å². The molecule has 0 spiro atoms. The zero-order valence-corrected chi connectivity index (χ0v) is 11.2. The van der Waals surface area contributed by atoms with Gasteiger partial charge in [0.15, 0.2) is 5.82 Å². The third-order valence-corrected chi connectivity index (χ3v) is 2.62. The van der Waals surface area contributed by atoms with E-state index in [4.69, 9.17) is 9.26 Å². The molecule has 2 rings (SSSR count). The summed E-state index contributed by atoms with van der Waals surface area (Å²) in [6.07, 6.45) is 4.30. The van der Waals surface area contributed by atoms with Crippen molar-refractivity contribution < 1.29 is 9.26 Å². The van der Waals surface area contributed by atoms with Gasteiger partial charge in [-0.15, -0.1) is 0 Å². The van der Waals surface area contributed by atoms with Gasteiger partial charge in [0.2, 0.25) is 5.89 Å². The summed E-state index contributed by atoms with van der Waals surface area (Å²) in [5.41, 5.74) is 1.16. The molecule has 0 radical (unpaired) electrons. The van der Waals surface area contributed by atoms with E-state index in [2.05, 4.69) is 20.0 Å². The first-order chi connectivity index (χ1) is 9.28. The fourth-order valence-electron chi connectivity index (χ4n) is 1.74. The van der Waals surface area contributed by atoms with E-state index in [9.17, 15) is 0 Å². The third kappa shape index (κ3) is 4.42. The molecule has 0 aliphatic heterocycles. The van der Waals surface area contributed by atoms with Crippen LogP contribution in [-0.4, -0.2) is 40.8 Å². The van der Waals surface area contributed by atoms with E-state index in [1.54, 1.807) is 13.3 Å². The Morgan fingerprint density at radius 1 is 1.37 bits per heavy atom. The van der Waals surface area contributed by atoms with Gasteiger partial charge in [-0.25, -0.2) is 0 Å². The van der Waals surface area contributed by atoms with Gasteiger partial charge in [0.1, 0.15) is 0 Å². The minimum Gasteiger partial charge on any atom is -0.384 e. The van der Waals surface area contributed by atoms with E-state index >= 15 is 0 Å². The number of methoxy groups -OCH3 is 1. The van der Waals surface area contributed by atoms with E-state index in [0.29, 0.717) is 31.3 Å². The van der Waals surface area contributed by atoms with Crippen molar-refractivity contribution in [1.82, 2.24) is 20.0 Å². The van der Waals surface area contributed by atoms with Gasteiger partial charge in [-0.3, -0.25) is 9.88 Å². The molecule has 2 heterocycles. The molecule has 0 saturated heterocycles. The quantitative estimate of drug-likeness (QED) is 0.749. The lowest BCUT2D eigenvalue weighted by atomic mass is 10.3. The largest absolute Gasteiger partial charge is 0.384 e. The van der Waals surface area contributed by atoms with Crippen molar-refractivity contribution in [3.63, 3.8) is 0 Å². The molecule has 19 heavy (non-hydrogen) atoms. The fourth-order valence-corrected chi connectivity index (χ4v) is 1.74. The zero-order valence-electron chi connectivity index (χ0n) is 11.2. The van der Waals surface area contributed by atoms with Gasteiger partial charge in [-0.1, -0.05) is 11.2 Å². The predicted molar refractivity (Wildman–Crippen MR) is 69.3 cm³/mol. The van der Waals surface area contributed by atoms with Crippen LogP contribution in [0.2, 0.25) is 0 Å². The molecule has 0 fully saturated rings. The second-order valence-electron chi connectivity index (χ2n) is 4.38. The highest BCUT2D eigenvalue weighted by Gasteiger charge is 2.09. The number of nitrogens with zero attached hydrogens (tertiary/aromatic N) is 4. The molecule has 0 amide bonds. The number of pyridine rings is 1. The van der Waals surface area contributed by atoms with E-state index < -0.39 is 0 Å². The highest BCUT2D eigenvalue weighted by molar-refractivity contribution is 5.08. The highest BCUT2D eigenvalue weighted by atomic mass is 16.5. The van der Waals surface area contributed by atoms with Crippen LogP contribution < -0.4 is 0 Å². The Kier molecular flexibility index (Phi) is 5.00. The molecule has 0 aliphatic carbocycles. The molecule has 0 aromatic carbocycles. The molecule has 2 aromatic rings. The molecule has 0 unspecified atom stereocenters. The van der Waals surface area contributed by atoms with E-state index in [0.717, 1.165) is 12.1 Å². The van der Waals surface area contributed by atoms with Crippen LogP contribution in [0.15, 0.2) is 29.0 Å². The van der Waals surface area contributed by atoms with Crippen LogP contribution in [0.1, 0.15) is 17.3 Å². The van der Waals surface area contributed by atoms with Crippen molar-refractivity contribution in [3.05, 3.63) is 41.8 Å². The Labute approximate surface area is 112 Å². The highest BCUT2D eigenvalue weighted by Crippen LogP contribution is 2.06. The molecule has 0 bridgehead atoms. The molecule has 0 atom stereocenters. The normalized spacial score (nSPS) is 11.1. The maximum atomic E-state index is 5.20. The Morgan fingerprint density at radius 2 is 2.26 bits per heavy atom. The Morgan fingerprint density at radius 3 is 3.00 bits per heavy atom. The van der Waals surface area contributed by atoms with E-state index in [1.807, 2.05) is 25.4 Å². The van der Waals surface area contributed by atoms with Crippen LogP contribution in [0, 0.1) is 0 Å². The summed E-state index contributed by atoms with van der Waals surface area (Å²) >= 11 is 0. The molecule has 0 saturated carbocycles. The summed E-state index contributed by atoms with van der Waals surface area (Å²) in [4.78, 5) is 10.5. The maximum absolute atomic E-state index is 5.20. The van der Waals surface area contributed by atoms with E-state index in [-0.39, 0.29) is 0 Å². The Bertz CT molecular complexity index is 486. The van der Waals surface area contributed by atoms with Crippen molar-refractivity contribution in [2.24, 2.45) is 0 Å². The monoisotopic (exact) mass is 262 g/mol. The molecular formula is C13H18N4O2. The molecule has 6 nitrogen and oxygen atoms in total. The molecule has 2 aromatic heterocycles. The van der Waals surface area contributed by atoms with Crippen LogP contribution in [0.3, 0.4) is 0 Å². The lowest BCUT2D eigenvalue weighted by Gasteiger charge is -2.13. The maximum Gasteiger partial charge on any atom is 0.240 e. The van der Waals surface area contributed by atoms with Gasteiger partial charge in [-0.2, -0.15) is 4.98 Å². The van der Waals surface area contributed by atoms with Crippen molar-refractivity contribution in [2.75, 3.05) is 20.8 Å². The SMILES string of the molecule is COCCc1noc(CN(C)Cc2cccnc2)n1. The number of hydrogen-bond donors (Lipinski definition) is 0. The zero-order chi connectivity index (χ0) is 13.5. The summed E-state index contributed by atoms with van der Waals surface area (Å²) in [6, 6.07) is 3.97. The summed E-state index contributed by atoms with van der Waals surface area (Å²) in [6.45, 7) is 2.02. The van der Waals surface area contributed by atoms with Crippen molar-refractivity contribution >= 4 is 0 Å². The van der Waals surface area contributed by atoms with Gasteiger partial charge >= 0.3 is 0 Å². The molecule has 102 valence electrons. The average molecular weight is 262 g/mol. The van der Waals surface area contributed by atoms with Crippen LogP contribution in [0.5, 0.6) is 0 Å². The summed E-state index contributed by atoms with van der Waals surface area (Å²) in [7, 11) is 3.66. The predicted octanol–water partition coefficient (Wildman–Crippen LogP) is 1.29.